The van der Waals surface area contributed by atoms with Crippen molar-refractivity contribution >= 4 is 0 Å². The van der Waals surface area contributed by atoms with E-state index in [1.807, 2.05) is 54.6 Å². The van der Waals surface area contributed by atoms with Crippen molar-refractivity contribution in [2.24, 2.45) is 0 Å². The van der Waals surface area contributed by atoms with Gasteiger partial charge in [0.05, 0.1) is 5.27 Å². The van der Waals surface area contributed by atoms with Crippen LogP contribution in [-0.2, 0) is 5.60 Å². The van der Waals surface area contributed by atoms with Crippen LogP contribution in [0.3, 0.4) is 0 Å². The monoisotopic (exact) mass is 344 g/mol. The van der Waals surface area contributed by atoms with Crippen LogP contribution in [0.5, 0.6) is 5.95 Å². The number of rotatable bonds is 4. The molecule has 0 bridgehead atoms. The van der Waals surface area contributed by atoms with Crippen molar-refractivity contribution in [1.82, 2.24) is 5.27 Å². The van der Waals surface area contributed by atoms with E-state index in [4.69, 9.17) is 4.52 Å². The van der Waals surface area contributed by atoms with Crippen LogP contribution in [0.25, 0.3) is 5.69 Å². The van der Waals surface area contributed by atoms with Crippen LogP contribution in [0.1, 0.15) is 16.8 Å². The first kappa shape index (κ1) is 16.1. The van der Waals surface area contributed by atoms with Gasteiger partial charge in [0.15, 0.2) is 5.95 Å². The number of aliphatic hydroxyl groups is 1. The lowest BCUT2D eigenvalue weighted by molar-refractivity contribution is -0.682. The van der Waals surface area contributed by atoms with Gasteiger partial charge in [-0.05, 0) is 15.8 Å². The molecule has 4 aromatic rings. The molecule has 0 fully saturated rings. The Morgan fingerprint density at radius 1 is 0.769 bits per heavy atom. The molecule has 3 aromatic carbocycles. The van der Waals surface area contributed by atoms with Crippen LogP contribution < -0.4 is 9.79 Å². The van der Waals surface area contributed by atoms with E-state index < -0.39 is 11.5 Å². The molecule has 128 valence electrons. The average Bonchev–Trinajstić information content (AvgIpc) is 3.11. The summed E-state index contributed by atoms with van der Waals surface area (Å²) < 4.78 is 6.29. The van der Waals surface area contributed by atoms with E-state index >= 15 is 0 Å². The minimum absolute atomic E-state index is 0.0288. The molecule has 1 N–H and O–H groups in total. The molecule has 0 saturated carbocycles. The fraction of sp³-hybridized carbons (Fsp3) is 0.0476. The summed E-state index contributed by atoms with van der Waals surface area (Å²) in [6.45, 7) is 0. The smallest absolute Gasteiger partial charge is 0.280 e. The summed E-state index contributed by atoms with van der Waals surface area (Å²) >= 11 is 0. The van der Waals surface area contributed by atoms with Crippen molar-refractivity contribution in [1.29, 1.82) is 0 Å². The van der Waals surface area contributed by atoms with Gasteiger partial charge in [-0.3, -0.25) is 0 Å². The Morgan fingerprint density at radius 3 is 1.73 bits per heavy atom. The quantitative estimate of drug-likeness (QED) is 0.577. The van der Waals surface area contributed by atoms with Crippen molar-refractivity contribution in [3.05, 3.63) is 108 Å². The molecule has 0 atom stereocenters. The Labute approximate surface area is 150 Å². The van der Waals surface area contributed by atoms with Gasteiger partial charge in [-0.1, -0.05) is 78.9 Å². The van der Waals surface area contributed by atoms with E-state index in [9.17, 15) is 10.2 Å². The van der Waals surface area contributed by atoms with E-state index in [1.54, 1.807) is 36.4 Å². The molecule has 0 amide bonds. The second-order valence-electron chi connectivity index (χ2n) is 5.90. The average molecular weight is 344 g/mol. The summed E-state index contributed by atoms with van der Waals surface area (Å²) in [5.41, 5.74) is 0.0437. The molecule has 0 spiro atoms. The summed E-state index contributed by atoms with van der Waals surface area (Å²) in [4.78, 5) is 0. The first-order chi connectivity index (χ1) is 12.7. The maximum atomic E-state index is 12.6. The van der Waals surface area contributed by atoms with Gasteiger partial charge in [0, 0.05) is 12.1 Å². The summed E-state index contributed by atoms with van der Waals surface area (Å²) in [6.07, 6.45) is 0. The number of hydrogen-bond donors (Lipinski definition) is 1. The molecule has 5 heteroatoms. The van der Waals surface area contributed by atoms with E-state index in [0.29, 0.717) is 16.8 Å². The van der Waals surface area contributed by atoms with Crippen LogP contribution >= 0.6 is 0 Å². The molecule has 0 unspecified atom stereocenters. The minimum Gasteiger partial charge on any atom is -0.539 e. The first-order valence-electron chi connectivity index (χ1n) is 8.19. The van der Waals surface area contributed by atoms with Crippen molar-refractivity contribution in [2.45, 2.75) is 5.60 Å². The third-order valence-electron chi connectivity index (χ3n) is 4.34. The number of benzene rings is 3. The molecule has 1 aromatic heterocycles. The van der Waals surface area contributed by atoms with Crippen molar-refractivity contribution in [2.75, 3.05) is 0 Å². The zero-order valence-corrected chi connectivity index (χ0v) is 13.8. The van der Waals surface area contributed by atoms with E-state index in [-0.39, 0.29) is 5.69 Å². The molecule has 0 aliphatic rings. The van der Waals surface area contributed by atoms with Crippen LogP contribution in [0.4, 0.5) is 0 Å². The summed E-state index contributed by atoms with van der Waals surface area (Å²) in [5.74, 6) is -0.691. The third-order valence-corrected chi connectivity index (χ3v) is 4.34. The molecular formula is C21H16N2O3. The Hall–Kier alpha value is -3.44. The second-order valence-corrected chi connectivity index (χ2v) is 5.90. The van der Waals surface area contributed by atoms with Crippen molar-refractivity contribution < 1.29 is 19.4 Å². The second kappa shape index (κ2) is 6.46. The molecule has 0 saturated heterocycles. The third kappa shape index (κ3) is 2.55. The molecule has 4 rings (SSSR count). The Kier molecular flexibility index (Phi) is 3.99. The number of nitrogens with zero attached hydrogens (tertiary/aromatic N) is 2. The SMILES string of the molecule is [O-]c1on[n+](-c2ccccc2)c1C(O)(c1ccccc1)c1ccccc1. The minimum atomic E-state index is -1.71. The summed E-state index contributed by atoms with van der Waals surface area (Å²) in [6, 6.07) is 27.2. The molecule has 0 aliphatic heterocycles. The van der Waals surface area contributed by atoms with Gasteiger partial charge in [-0.2, -0.15) is 0 Å². The molecule has 0 radical (unpaired) electrons. The van der Waals surface area contributed by atoms with Gasteiger partial charge in [-0.15, -0.1) is 0 Å². The van der Waals surface area contributed by atoms with Gasteiger partial charge in [0.1, 0.15) is 0 Å². The van der Waals surface area contributed by atoms with Gasteiger partial charge in [0.2, 0.25) is 11.3 Å². The zero-order chi connectivity index (χ0) is 18.0. The highest BCUT2D eigenvalue weighted by Crippen LogP contribution is 2.38. The van der Waals surface area contributed by atoms with E-state index in [1.165, 1.54) is 4.68 Å². The lowest BCUT2D eigenvalue weighted by Crippen LogP contribution is -2.46. The van der Waals surface area contributed by atoms with Crippen LogP contribution in [-0.4, -0.2) is 10.4 Å². The van der Waals surface area contributed by atoms with Crippen LogP contribution in [0, 0.1) is 0 Å². The predicted octanol–water partition coefficient (Wildman–Crippen LogP) is 2.31. The summed E-state index contributed by atoms with van der Waals surface area (Å²) in [5, 5.41) is 28.3. The van der Waals surface area contributed by atoms with Crippen LogP contribution in [0.15, 0.2) is 95.5 Å². The first-order valence-corrected chi connectivity index (χ1v) is 8.19. The lowest BCUT2D eigenvalue weighted by atomic mass is 9.83. The Balaban J connectivity index is 2.02. The van der Waals surface area contributed by atoms with Crippen molar-refractivity contribution in [3.8, 4) is 11.6 Å². The number of para-hydroxylation sites is 1. The summed E-state index contributed by atoms with van der Waals surface area (Å²) in [7, 11) is 0. The topological polar surface area (TPSA) is 73.2 Å². The highest BCUT2D eigenvalue weighted by molar-refractivity contribution is 5.45. The fourth-order valence-corrected chi connectivity index (χ4v) is 3.09. The van der Waals surface area contributed by atoms with Gasteiger partial charge < -0.3 is 14.7 Å². The van der Waals surface area contributed by atoms with E-state index in [2.05, 4.69) is 5.27 Å². The normalized spacial score (nSPS) is 11.4. The fourth-order valence-electron chi connectivity index (χ4n) is 3.09. The molecule has 0 aliphatic carbocycles. The highest BCUT2D eigenvalue weighted by atomic mass is 16.6. The van der Waals surface area contributed by atoms with Gasteiger partial charge in [-0.25, -0.2) is 0 Å². The molecule has 26 heavy (non-hydrogen) atoms. The van der Waals surface area contributed by atoms with E-state index in [0.717, 1.165) is 0 Å². The van der Waals surface area contributed by atoms with Gasteiger partial charge >= 0.3 is 0 Å². The Bertz CT molecular complexity index is 960. The molecule has 1 heterocycles. The van der Waals surface area contributed by atoms with Crippen molar-refractivity contribution in [3.63, 3.8) is 0 Å². The predicted molar refractivity (Wildman–Crippen MR) is 92.5 cm³/mol. The molecular weight excluding hydrogens is 328 g/mol. The highest BCUT2D eigenvalue weighted by Gasteiger charge is 2.45. The number of hydrogen-bond acceptors (Lipinski definition) is 4. The maximum absolute atomic E-state index is 12.6. The zero-order valence-electron chi connectivity index (χ0n) is 13.8. The Morgan fingerprint density at radius 2 is 1.23 bits per heavy atom. The maximum Gasteiger partial charge on any atom is 0.280 e. The number of aromatic nitrogens is 2. The molecule has 5 nitrogen and oxygen atoms in total. The standard InChI is InChI=1S/C21H16N2O3/c24-20-19(23(22-26-20)18-14-8-3-9-15-18)21(25,16-10-4-1-5-11-16)17-12-6-2-7-13-17/h1-15,25H. The largest absolute Gasteiger partial charge is 0.539 e. The van der Waals surface area contributed by atoms with Gasteiger partial charge in [0.25, 0.3) is 5.69 Å². The lowest BCUT2D eigenvalue weighted by Gasteiger charge is -2.26. The van der Waals surface area contributed by atoms with Crippen LogP contribution in [0.2, 0.25) is 0 Å².